The molecule has 1 unspecified atom stereocenters. The Morgan fingerprint density at radius 3 is 2.50 bits per heavy atom. The van der Waals surface area contributed by atoms with E-state index in [1.807, 2.05) is 54.4 Å². The van der Waals surface area contributed by atoms with Crippen LogP contribution in [0.15, 0.2) is 42.5 Å². The fourth-order valence-electron chi connectivity index (χ4n) is 3.79. The van der Waals surface area contributed by atoms with Crippen LogP contribution in [0.4, 0.5) is 0 Å². The number of carbonyl (C=O) groups is 1. The number of nitrogens with zero attached hydrogens (tertiary/aromatic N) is 2. The van der Waals surface area contributed by atoms with Crippen LogP contribution in [0.25, 0.3) is 0 Å². The molecule has 138 valence electrons. The van der Waals surface area contributed by atoms with Gasteiger partial charge in [0.25, 0.3) is 5.91 Å². The lowest BCUT2D eigenvalue weighted by Crippen LogP contribution is -2.53. The van der Waals surface area contributed by atoms with Gasteiger partial charge in [0.05, 0.1) is 12.6 Å². The minimum Gasteiger partial charge on any atom is -0.496 e. The molecule has 0 N–H and O–H groups in total. The highest BCUT2D eigenvalue weighted by atomic mass is 35.5. The summed E-state index contributed by atoms with van der Waals surface area (Å²) in [6.45, 7) is 0.866. The first-order chi connectivity index (χ1) is 12.4. The second-order valence-corrected chi connectivity index (χ2v) is 7.56. The van der Waals surface area contributed by atoms with Crippen LogP contribution in [0.3, 0.4) is 0 Å². The maximum atomic E-state index is 13.2. The van der Waals surface area contributed by atoms with Crippen molar-refractivity contribution in [3.63, 3.8) is 0 Å². The van der Waals surface area contributed by atoms with Gasteiger partial charge in [0.15, 0.2) is 0 Å². The van der Waals surface area contributed by atoms with Crippen LogP contribution >= 0.6 is 11.6 Å². The summed E-state index contributed by atoms with van der Waals surface area (Å²) < 4.78 is 5.57. The first-order valence-corrected chi connectivity index (χ1v) is 9.11. The summed E-state index contributed by atoms with van der Waals surface area (Å²) in [5.41, 5.74) is 2.36. The summed E-state index contributed by atoms with van der Waals surface area (Å²) in [5.74, 6) is 0.797. The molecule has 2 aromatic carbocycles. The van der Waals surface area contributed by atoms with Gasteiger partial charge >= 0.3 is 0 Å². The van der Waals surface area contributed by atoms with Crippen molar-refractivity contribution in [2.24, 2.45) is 0 Å². The van der Waals surface area contributed by atoms with Crippen molar-refractivity contribution >= 4 is 17.5 Å². The van der Waals surface area contributed by atoms with E-state index in [-0.39, 0.29) is 5.91 Å². The largest absolute Gasteiger partial charge is 0.496 e. The molecule has 0 saturated carbocycles. The van der Waals surface area contributed by atoms with Gasteiger partial charge in [-0.05, 0) is 50.3 Å². The van der Waals surface area contributed by atoms with Crippen LogP contribution in [0, 0.1) is 0 Å². The van der Waals surface area contributed by atoms with E-state index in [9.17, 15) is 4.79 Å². The Kier molecular flexibility index (Phi) is 5.26. The van der Waals surface area contributed by atoms with Crippen LogP contribution in [0.2, 0.25) is 5.02 Å². The van der Waals surface area contributed by atoms with Crippen molar-refractivity contribution in [3.05, 3.63) is 64.2 Å². The second-order valence-electron chi connectivity index (χ2n) is 7.12. The molecule has 0 radical (unpaired) electrons. The molecule has 1 atom stereocenters. The molecular formula is C21H25ClN2O2. The topological polar surface area (TPSA) is 32.8 Å². The number of hydrogen-bond donors (Lipinski definition) is 0. The molecule has 1 amide bonds. The number of methoxy groups -OCH3 is 1. The quantitative estimate of drug-likeness (QED) is 0.799. The van der Waals surface area contributed by atoms with E-state index in [0.717, 1.165) is 35.4 Å². The summed E-state index contributed by atoms with van der Waals surface area (Å²) in [6, 6.07) is 13.5. The highest BCUT2D eigenvalue weighted by molar-refractivity contribution is 6.30. The molecule has 5 heteroatoms. The molecule has 3 rings (SSSR count). The minimum atomic E-state index is -0.437. The monoisotopic (exact) mass is 372 g/mol. The Hall–Kier alpha value is -2.04. The molecule has 4 nitrogen and oxygen atoms in total. The first-order valence-electron chi connectivity index (χ1n) is 8.74. The van der Waals surface area contributed by atoms with Gasteiger partial charge in [-0.2, -0.15) is 0 Å². The summed E-state index contributed by atoms with van der Waals surface area (Å²) in [4.78, 5) is 17.3. The third kappa shape index (κ3) is 3.19. The van der Waals surface area contributed by atoms with E-state index in [4.69, 9.17) is 16.3 Å². The number of rotatable bonds is 5. The smallest absolute Gasteiger partial charge is 0.254 e. The molecular weight excluding hydrogens is 348 g/mol. The molecule has 26 heavy (non-hydrogen) atoms. The predicted octanol–water partition coefficient (Wildman–Crippen LogP) is 3.82. The average Bonchev–Trinajstić information content (AvgIpc) is 2.63. The van der Waals surface area contributed by atoms with E-state index in [2.05, 4.69) is 19.0 Å². The highest BCUT2D eigenvalue weighted by Gasteiger charge is 2.45. The van der Waals surface area contributed by atoms with Crippen molar-refractivity contribution in [1.29, 1.82) is 0 Å². The van der Waals surface area contributed by atoms with Gasteiger partial charge in [0.1, 0.15) is 5.75 Å². The number of hydrogen-bond acceptors (Lipinski definition) is 3. The van der Waals surface area contributed by atoms with Crippen molar-refractivity contribution in [2.75, 3.05) is 34.8 Å². The molecule has 0 fully saturated rings. The van der Waals surface area contributed by atoms with Gasteiger partial charge in [-0.1, -0.05) is 29.8 Å². The molecule has 2 aromatic rings. The van der Waals surface area contributed by atoms with E-state index < -0.39 is 5.54 Å². The van der Waals surface area contributed by atoms with Gasteiger partial charge in [-0.15, -0.1) is 0 Å². The third-order valence-corrected chi connectivity index (χ3v) is 5.61. The van der Waals surface area contributed by atoms with Gasteiger partial charge < -0.3 is 14.5 Å². The first kappa shape index (κ1) is 18.7. The van der Waals surface area contributed by atoms with Gasteiger partial charge in [0, 0.05) is 36.2 Å². The van der Waals surface area contributed by atoms with Crippen LogP contribution < -0.4 is 4.74 Å². The highest BCUT2D eigenvalue weighted by Crippen LogP contribution is 2.43. The number of ether oxygens (including phenoxy) is 1. The lowest BCUT2D eigenvalue weighted by atomic mass is 9.75. The Labute approximate surface area is 160 Å². The summed E-state index contributed by atoms with van der Waals surface area (Å²) in [6.07, 6.45) is 1.53. The number of carbonyl (C=O) groups excluding carboxylic acids is 1. The Balaban J connectivity index is 2.16. The van der Waals surface area contributed by atoms with Crippen molar-refractivity contribution < 1.29 is 9.53 Å². The van der Waals surface area contributed by atoms with E-state index in [1.165, 1.54) is 0 Å². The second kappa shape index (κ2) is 7.29. The molecule has 1 heterocycles. The number of fused-ring (bicyclic) bond motifs is 1. The molecule has 0 aliphatic carbocycles. The van der Waals surface area contributed by atoms with E-state index >= 15 is 0 Å². The zero-order valence-corrected chi connectivity index (χ0v) is 16.5. The summed E-state index contributed by atoms with van der Waals surface area (Å²) >= 11 is 6.11. The van der Waals surface area contributed by atoms with Crippen LogP contribution in [0.1, 0.15) is 27.9 Å². The molecule has 0 aromatic heterocycles. The molecule has 0 spiro atoms. The minimum absolute atomic E-state index is 0.0267. The Bertz CT molecular complexity index is 804. The third-order valence-electron chi connectivity index (χ3n) is 5.35. The van der Waals surface area contributed by atoms with Crippen molar-refractivity contribution in [2.45, 2.75) is 18.4 Å². The predicted molar refractivity (Wildman–Crippen MR) is 105 cm³/mol. The SMILES string of the molecule is COc1cccc2c1CC(CCN(C)C)(c1ccc(Cl)cc1)N(C)C2=O. The fourth-order valence-corrected chi connectivity index (χ4v) is 3.92. The number of halogens is 1. The van der Waals surface area contributed by atoms with Crippen LogP contribution in [-0.2, 0) is 12.0 Å². The number of benzene rings is 2. The Morgan fingerprint density at radius 1 is 1.19 bits per heavy atom. The number of amides is 1. The molecule has 0 bridgehead atoms. The van der Waals surface area contributed by atoms with Gasteiger partial charge in [-0.25, -0.2) is 0 Å². The maximum absolute atomic E-state index is 13.2. The van der Waals surface area contributed by atoms with Crippen LogP contribution in [-0.4, -0.2) is 50.5 Å². The van der Waals surface area contributed by atoms with Crippen LogP contribution in [0.5, 0.6) is 5.75 Å². The Morgan fingerprint density at radius 2 is 1.88 bits per heavy atom. The van der Waals surface area contributed by atoms with Gasteiger partial charge in [-0.3, -0.25) is 4.79 Å². The molecule has 1 aliphatic heterocycles. The normalized spacial score (nSPS) is 19.6. The zero-order chi connectivity index (χ0) is 18.9. The van der Waals surface area contributed by atoms with Crippen molar-refractivity contribution in [1.82, 2.24) is 9.80 Å². The van der Waals surface area contributed by atoms with E-state index in [1.54, 1.807) is 7.11 Å². The lowest BCUT2D eigenvalue weighted by Gasteiger charge is -2.47. The zero-order valence-electron chi connectivity index (χ0n) is 15.8. The summed E-state index contributed by atoms with van der Waals surface area (Å²) in [7, 11) is 7.65. The average molecular weight is 373 g/mol. The van der Waals surface area contributed by atoms with Gasteiger partial charge in [0.2, 0.25) is 0 Å². The van der Waals surface area contributed by atoms with Crippen molar-refractivity contribution in [3.8, 4) is 5.75 Å². The maximum Gasteiger partial charge on any atom is 0.254 e. The fraction of sp³-hybridized carbons (Fsp3) is 0.381. The summed E-state index contributed by atoms with van der Waals surface area (Å²) in [5, 5.41) is 0.694. The molecule has 1 aliphatic rings. The number of likely N-dealkylation sites (N-methyl/N-ethyl adjacent to an activating group) is 1. The molecule has 0 saturated heterocycles. The standard InChI is InChI=1S/C21H25ClN2O2/c1-23(2)13-12-21(15-8-10-16(22)11-9-15)14-18-17(20(25)24(21)3)6-5-7-19(18)26-4/h5-11H,12-14H2,1-4H3. The lowest BCUT2D eigenvalue weighted by molar-refractivity contribution is 0.0450. The van der Waals surface area contributed by atoms with E-state index in [0.29, 0.717) is 11.4 Å².